The Kier molecular flexibility index (Phi) is 3.85. The van der Waals surface area contributed by atoms with Crippen molar-refractivity contribution in [2.45, 2.75) is 24.6 Å². The van der Waals surface area contributed by atoms with Gasteiger partial charge in [-0.2, -0.15) is 0 Å². The molecule has 2 aromatic rings. The first-order chi connectivity index (χ1) is 9.87. The summed E-state index contributed by atoms with van der Waals surface area (Å²) in [6.07, 6.45) is 0. The minimum atomic E-state index is -0.289. The zero-order chi connectivity index (χ0) is 15.2. The van der Waals surface area contributed by atoms with E-state index < -0.39 is 0 Å². The van der Waals surface area contributed by atoms with E-state index in [-0.39, 0.29) is 10.8 Å². The van der Waals surface area contributed by atoms with Gasteiger partial charge in [0.15, 0.2) is 0 Å². The van der Waals surface area contributed by atoms with Gasteiger partial charge in [-0.3, -0.25) is 0 Å². The second kappa shape index (κ2) is 5.39. The van der Waals surface area contributed by atoms with Crippen molar-refractivity contribution in [1.29, 1.82) is 0 Å². The number of benzene rings is 2. The van der Waals surface area contributed by atoms with E-state index in [0.717, 1.165) is 16.9 Å². The standard InChI is InChI=1S/C17H15Cl3O/c1-17(2)9-21-15-4-3-10(7-14(15)17)16(20)11-5-12(18)8-13(19)6-11/h3-8,16H,9H2,1-2H3. The highest BCUT2D eigenvalue weighted by Gasteiger charge is 2.32. The number of hydrogen-bond acceptors (Lipinski definition) is 1. The molecule has 1 nitrogen and oxygen atoms in total. The van der Waals surface area contributed by atoms with Crippen molar-refractivity contribution in [3.8, 4) is 5.75 Å². The minimum Gasteiger partial charge on any atom is -0.492 e. The topological polar surface area (TPSA) is 9.23 Å². The Bertz CT molecular complexity index is 674. The van der Waals surface area contributed by atoms with E-state index in [1.807, 2.05) is 24.3 Å². The quantitative estimate of drug-likeness (QED) is 0.609. The smallest absolute Gasteiger partial charge is 0.123 e. The fraction of sp³-hybridized carbons (Fsp3) is 0.294. The predicted octanol–water partition coefficient (Wildman–Crippen LogP) is 5.99. The molecule has 0 radical (unpaired) electrons. The van der Waals surface area contributed by atoms with Crippen molar-refractivity contribution >= 4 is 34.8 Å². The van der Waals surface area contributed by atoms with Gasteiger partial charge >= 0.3 is 0 Å². The van der Waals surface area contributed by atoms with E-state index >= 15 is 0 Å². The van der Waals surface area contributed by atoms with Gasteiger partial charge < -0.3 is 4.74 Å². The third-order valence-corrected chi connectivity index (χ3v) is 4.73. The molecular formula is C17H15Cl3O. The molecule has 0 fully saturated rings. The van der Waals surface area contributed by atoms with Crippen LogP contribution in [0.5, 0.6) is 5.75 Å². The van der Waals surface area contributed by atoms with Crippen molar-refractivity contribution in [2.75, 3.05) is 6.61 Å². The molecule has 21 heavy (non-hydrogen) atoms. The van der Waals surface area contributed by atoms with Crippen molar-refractivity contribution in [1.82, 2.24) is 0 Å². The van der Waals surface area contributed by atoms with E-state index in [4.69, 9.17) is 39.5 Å². The van der Waals surface area contributed by atoms with Gasteiger partial charge in [0.2, 0.25) is 0 Å². The van der Waals surface area contributed by atoms with Crippen molar-refractivity contribution in [3.05, 3.63) is 63.1 Å². The lowest BCUT2D eigenvalue weighted by molar-refractivity contribution is 0.291. The van der Waals surface area contributed by atoms with Crippen LogP contribution in [-0.2, 0) is 5.41 Å². The summed E-state index contributed by atoms with van der Waals surface area (Å²) in [5.74, 6) is 0.941. The molecule has 3 rings (SSSR count). The summed E-state index contributed by atoms with van der Waals surface area (Å²) in [5.41, 5.74) is 3.12. The molecule has 0 saturated carbocycles. The first kappa shape index (κ1) is 15.0. The summed E-state index contributed by atoms with van der Waals surface area (Å²) in [5, 5.41) is 0.892. The van der Waals surface area contributed by atoms with Gasteiger partial charge in [0.05, 0.1) is 12.0 Å². The number of alkyl halides is 1. The third kappa shape index (κ3) is 2.88. The van der Waals surface area contributed by atoms with E-state index in [1.54, 1.807) is 6.07 Å². The molecule has 0 aromatic heterocycles. The molecule has 0 amide bonds. The normalized spacial score (nSPS) is 17.2. The molecule has 0 N–H and O–H groups in total. The molecule has 0 aliphatic carbocycles. The maximum absolute atomic E-state index is 6.61. The number of hydrogen-bond donors (Lipinski definition) is 0. The highest BCUT2D eigenvalue weighted by molar-refractivity contribution is 6.35. The summed E-state index contributed by atoms with van der Waals surface area (Å²) in [6, 6.07) is 11.5. The van der Waals surface area contributed by atoms with Gasteiger partial charge in [-0.25, -0.2) is 0 Å². The van der Waals surface area contributed by atoms with Gasteiger partial charge in [-0.05, 0) is 41.5 Å². The molecule has 1 atom stereocenters. The van der Waals surface area contributed by atoms with Crippen LogP contribution in [0.1, 0.15) is 35.9 Å². The monoisotopic (exact) mass is 340 g/mol. The Balaban J connectivity index is 2.01. The van der Waals surface area contributed by atoms with Gasteiger partial charge in [-0.1, -0.05) is 43.1 Å². The van der Waals surface area contributed by atoms with Crippen molar-refractivity contribution in [2.24, 2.45) is 0 Å². The second-order valence-electron chi connectivity index (χ2n) is 5.99. The Hall–Kier alpha value is -0.890. The van der Waals surface area contributed by atoms with Crippen LogP contribution in [0.4, 0.5) is 0 Å². The first-order valence-corrected chi connectivity index (χ1v) is 7.93. The van der Waals surface area contributed by atoms with Crippen LogP contribution in [0, 0.1) is 0 Å². The Morgan fingerprint density at radius 1 is 1.00 bits per heavy atom. The number of fused-ring (bicyclic) bond motifs is 1. The van der Waals surface area contributed by atoms with Crippen LogP contribution >= 0.6 is 34.8 Å². The summed E-state index contributed by atoms with van der Waals surface area (Å²) < 4.78 is 5.71. The molecular weight excluding hydrogens is 327 g/mol. The van der Waals surface area contributed by atoms with E-state index in [9.17, 15) is 0 Å². The minimum absolute atomic E-state index is 0.00787. The molecule has 1 heterocycles. The average Bonchev–Trinajstić information content (AvgIpc) is 2.72. The molecule has 0 saturated heterocycles. The maximum atomic E-state index is 6.61. The molecule has 1 aliphatic rings. The van der Waals surface area contributed by atoms with Crippen LogP contribution in [0.15, 0.2) is 36.4 Å². The van der Waals surface area contributed by atoms with Gasteiger partial charge in [0.1, 0.15) is 5.75 Å². The summed E-state index contributed by atoms with van der Waals surface area (Å²) in [4.78, 5) is 0. The van der Waals surface area contributed by atoms with Crippen LogP contribution in [0.2, 0.25) is 10.0 Å². The highest BCUT2D eigenvalue weighted by atomic mass is 35.5. The lowest BCUT2D eigenvalue weighted by atomic mass is 9.85. The SMILES string of the molecule is CC1(C)COc2ccc(C(Cl)c3cc(Cl)cc(Cl)c3)cc21. The zero-order valence-corrected chi connectivity index (χ0v) is 14.1. The van der Waals surface area contributed by atoms with Crippen molar-refractivity contribution < 1.29 is 4.74 Å². The molecule has 4 heteroatoms. The molecule has 1 aliphatic heterocycles. The Morgan fingerprint density at radius 3 is 2.33 bits per heavy atom. The Labute approximate surface area is 139 Å². The van der Waals surface area contributed by atoms with Gasteiger partial charge in [-0.15, -0.1) is 11.6 Å². The number of halogens is 3. The summed E-state index contributed by atoms with van der Waals surface area (Å²) in [7, 11) is 0. The van der Waals surface area contributed by atoms with Crippen LogP contribution < -0.4 is 4.74 Å². The Morgan fingerprint density at radius 2 is 1.67 bits per heavy atom. The summed E-state index contributed by atoms with van der Waals surface area (Å²) >= 11 is 18.7. The third-order valence-electron chi connectivity index (χ3n) is 3.79. The largest absolute Gasteiger partial charge is 0.492 e. The molecule has 1 unspecified atom stereocenters. The molecule has 110 valence electrons. The van der Waals surface area contributed by atoms with Crippen molar-refractivity contribution in [3.63, 3.8) is 0 Å². The lowest BCUT2D eigenvalue weighted by Crippen LogP contribution is -2.18. The van der Waals surface area contributed by atoms with Crippen LogP contribution in [0.3, 0.4) is 0 Å². The van der Waals surface area contributed by atoms with Crippen LogP contribution in [0.25, 0.3) is 0 Å². The molecule has 0 bridgehead atoms. The molecule has 2 aromatic carbocycles. The average molecular weight is 342 g/mol. The van der Waals surface area contributed by atoms with E-state index in [1.165, 1.54) is 5.56 Å². The predicted molar refractivity (Wildman–Crippen MR) is 89.1 cm³/mol. The maximum Gasteiger partial charge on any atom is 0.123 e. The summed E-state index contributed by atoms with van der Waals surface area (Å²) in [6.45, 7) is 5.03. The number of rotatable bonds is 2. The van der Waals surface area contributed by atoms with E-state index in [0.29, 0.717) is 16.7 Å². The fourth-order valence-electron chi connectivity index (χ4n) is 2.61. The zero-order valence-electron chi connectivity index (χ0n) is 11.8. The van der Waals surface area contributed by atoms with E-state index in [2.05, 4.69) is 19.9 Å². The molecule has 0 spiro atoms. The van der Waals surface area contributed by atoms with Crippen LogP contribution in [-0.4, -0.2) is 6.61 Å². The second-order valence-corrected chi connectivity index (χ2v) is 7.30. The highest BCUT2D eigenvalue weighted by Crippen LogP contribution is 2.41. The lowest BCUT2D eigenvalue weighted by Gasteiger charge is -2.18. The fourth-order valence-corrected chi connectivity index (χ4v) is 3.41. The number of ether oxygens (including phenoxy) is 1. The first-order valence-electron chi connectivity index (χ1n) is 6.74. The van der Waals surface area contributed by atoms with Gasteiger partial charge in [0.25, 0.3) is 0 Å². The van der Waals surface area contributed by atoms with Gasteiger partial charge in [0, 0.05) is 21.0 Å².